The number of halogens is 4. The van der Waals surface area contributed by atoms with Crippen molar-refractivity contribution >= 4 is 40.5 Å². The van der Waals surface area contributed by atoms with E-state index in [9.17, 15) is 22.8 Å². The van der Waals surface area contributed by atoms with Crippen molar-refractivity contribution in [3.05, 3.63) is 47.5 Å². The third kappa shape index (κ3) is 4.96. The first-order chi connectivity index (χ1) is 14.0. The summed E-state index contributed by atoms with van der Waals surface area (Å²) >= 11 is 4.73. The van der Waals surface area contributed by atoms with Crippen LogP contribution in [0, 0.1) is 13.8 Å². The summed E-state index contributed by atoms with van der Waals surface area (Å²) in [5.74, 6) is -1.12. The molecule has 6 nitrogen and oxygen atoms in total. The molecule has 1 aliphatic rings. The van der Waals surface area contributed by atoms with E-state index in [-0.39, 0.29) is 18.1 Å². The number of aryl methyl sites for hydroxylation is 2. The quantitative estimate of drug-likeness (QED) is 0.574. The molecule has 30 heavy (non-hydrogen) atoms. The highest BCUT2D eigenvalue weighted by molar-refractivity contribution is 6.20. The van der Waals surface area contributed by atoms with Gasteiger partial charge in [-0.2, -0.15) is 8.78 Å². The summed E-state index contributed by atoms with van der Waals surface area (Å²) < 4.78 is 43.1. The van der Waals surface area contributed by atoms with Crippen LogP contribution in [-0.4, -0.2) is 29.6 Å². The Bertz CT molecular complexity index is 968. The number of ether oxygens (including phenoxy) is 1. The molecule has 10 heteroatoms. The molecule has 0 aliphatic carbocycles. The van der Waals surface area contributed by atoms with Crippen molar-refractivity contribution in [3.8, 4) is 5.75 Å². The number of alkyl halides is 4. The minimum Gasteiger partial charge on any atom is -0.429 e. The molecule has 160 valence electrons. The molecule has 1 aliphatic heterocycles. The maximum Gasteiger partial charge on any atom is 0.444 e. The molecule has 2 atom stereocenters. The van der Waals surface area contributed by atoms with E-state index >= 15 is 0 Å². The average Bonchev–Trinajstić information content (AvgIpc) is 2.65. The van der Waals surface area contributed by atoms with Crippen LogP contribution >= 0.6 is 11.6 Å². The van der Waals surface area contributed by atoms with Gasteiger partial charge < -0.3 is 20.7 Å². The molecule has 0 fully saturated rings. The maximum absolute atomic E-state index is 13.1. The second-order valence-corrected chi connectivity index (χ2v) is 7.29. The Balaban J connectivity index is 1.60. The number of benzene rings is 2. The molecular weight excluding hydrogens is 423 g/mol. The van der Waals surface area contributed by atoms with Gasteiger partial charge in [0.05, 0.1) is 17.8 Å². The van der Waals surface area contributed by atoms with Crippen molar-refractivity contribution < 1.29 is 27.5 Å². The molecule has 3 N–H and O–H groups in total. The number of rotatable bonds is 6. The van der Waals surface area contributed by atoms with Crippen LogP contribution in [0.25, 0.3) is 0 Å². The van der Waals surface area contributed by atoms with Gasteiger partial charge in [-0.25, -0.2) is 4.39 Å². The number of amides is 2. The Morgan fingerprint density at radius 1 is 1.20 bits per heavy atom. The van der Waals surface area contributed by atoms with Gasteiger partial charge in [0.2, 0.25) is 11.8 Å². The molecule has 0 saturated carbocycles. The maximum atomic E-state index is 13.1. The van der Waals surface area contributed by atoms with Gasteiger partial charge in [0.1, 0.15) is 11.8 Å². The fourth-order valence-electron chi connectivity index (χ4n) is 2.86. The summed E-state index contributed by atoms with van der Waals surface area (Å²) in [5, 5.41) is 8.39. The highest BCUT2D eigenvalue weighted by Gasteiger charge is 2.42. The first kappa shape index (κ1) is 21.8. The number of carbonyl (C=O) groups excluding carboxylic acids is 2. The summed E-state index contributed by atoms with van der Waals surface area (Å²) in [5.41, 5.74) is 0.750. The molecular formula is C20H19ClF3N3O3. The lowest BCUT2D eigenvalue weighted by Gasteiger charge is -2.27. The normalized spacial score (nSPS) is 16.7. The van der Waals surface area contributed by atoms with E-state index in [4.69, 9.17) is 11.6 Å². The molecule has 0 saturated heterocycles. The monoisotopic (exact) mass is 441 g/mol. The van der Waals surface area contributed by atoms with Gasteiger partial charge in [-0.1, -0.05) is 11.6 Å². The third-order valence-corrected chi connectivity index (χ3v) is 4.83. The molecule has 0 radical (unpaired) electrons. The smallest absolute Gasteiger partial charge is 0.429 e. The summed E-state index contributed by atoms with van der Waals surface area (Å²) in [6.45, 7) is 3.88. The first-order valence-corrected chi connectivity index (χ1v) is 9.42. The standard InChI is InChI=1S/C20H19ClF3N3O3/c1-10-7-14-15(8-11(10)2)27-18(29)16(26-14)9-17(28)25-12-3-5-13(6-4-12)30-20(23,24)19(21)22/h3-8,16,19,26H,9H2,1-2H3,(H,25,28)(H,27,29)/t16-,19+/m1/s1. The highest BCUT2D eigenvalue weighted by atomic mass is 35.5. The van der Waals surface area contributed by atoms with Gasteiger partial charge in [-0.15, -0.1) is 0 Å². The van der Waals surface area contributed by atoms with Crippen LogP contribution in [0.3, 0.4) is 0 Å². The lowest BCUT2D eigenvalue weighted by molar-refractivity contribution is -0.199. The van der Waals surface area contributed by atoms with Crippen molar-refractivity contribution in [2.24, 2.45) is 0 Å². The third-order valence-electron chi connectivity index (χ3n) is 4.57. The molecule has 2 amide bonds. The lowest BCUT2D eigenvalue weighted by Crippen LogP contribution is -2.41. The summed E-state index contributed by atoms with van der Waals surface area (Å²) in [7, 11) is 0. The molecule has 2 aromatic rings. The van der Waals surface area contributed by atoms with Crippen LogP contribution in [0.4, 0.5) is 30.2 Å². The van der Waals surface area contributed by atoms with Crippen molar-refractivity contribution in [2.45, 2.75) is 38.0 Å². The average molecular weight is 442 g/mol. The number of fused-ring (bicyclic) bond motifs is 1. The van der Waals surface area contributed by atoms with Crippen molar-refractivity contribution in [1.29, 1.82) is 0 Å². The summed E-state index contributed by atoms with van der Waals surface area (Å²) in [4.78, 5) is 24.6. The predicted octanol–water partition coefficient (Wildman–Crippen LogP) is 4.57. The van der Waals surface area contributed by atoms with Crippen LogP contribution in [0.1, 0.15) is 17.5 Å². The van der Waals surface area contributed by atoms with Gasteiger partial charge in [-0.3, -0.25) is 9.59 Å². The zero-order chi connectivity index (χ0) is 22.1. The van der Waals surface area contributed by atoms with Crippen LogP contribution in [0.5, 0.6) is 5.75 Å². The van der Waals surface area contributed by atoms with Crippen molar-refractivity contribution in [1.82, 2.24) is 0 Å². The van der Waals surface area contributed by atoms with E-state index in [1.165, 1.54) is 12.1 Å². The second kappa shape index (κ2) is 8.43. The van der Waals surface area contributed by atoms with Gasteiger partial charge >= 0.3 is 6.11 Å². The number of anilines is 3. The van der Waals surface area contributed by atoms with Crippen molar-refractivity contribution in [3.63, 3.8) is 0 Å². The number of hydrogen-bond donors (Lipinski definition) is 3. The van der Waals surface area contributed by atoms with Gasteiger partial charge in [0.25, 0.3) is 5.63 Å². The Labute approximate surface area is 175 Å². The van der Waals surface area contributed by atoms with Gasteiger partial charge in [0.15, 0.2) is 0 Å². The van der Waals surface area contributed by atoms with E-state index in [0.717, 1.165) is 28.9 Å². The van der Waals surface area contributed by atoms with E-state index in [1.54, 1.807) is 0 Å². The van der Waals surface area contributed by atoms with Crippen LogP contribution < -0.4 is 20.7 Å². The second-order valence-electron chi connectivity index (χ2n) is 6.91. The highest BCUT2D eigenvalue weighted by Crippen LogP contribution is 2.31. The summed E-state index contributed by atoms with van der Waals surface area (Å²) in [6, 6.07) is 7.86. The number of hydrogen-bond acceptors (Lipinski definition) is 4. The number of carbonyl (C=O) groups is 2. The summed E-state index contributed by atoms with van der Waals surface area (Å²) in [6.07, 6.45) is -4.33. The molecule has 1 heterocycles. The van der Waals surface area contributed by atoms with Gasteiger partial charge in [0, 0.05) is 5.69 Å². The lowest BCUT2D eigenvalue weighted by atomic mass is 10.0. The molecule has 0 aromatic heterocycles. The number of nitrogens with one attached hydrogen (secondary N) is 3. The van der Waals surface area contributed by atoms with E-state index in [1.807, 2.05) is 26.0 Å². The first-order valence-electron chi connectivity index (χ1n) is 8.98. The van der Waals surface area contributed by atoms with E-state index in [2.05, 4.69) is 20.7 Å². The molecule has 0 spiro atoms. The van der Waals surface area contributed by atoms with E-state index < -0.39 is 23.7 Å². The molecule has 3 rings (SSSR count). The molecule has 0 unspecified atom stereocenters. The largest absolute Gasteiger partial charge is 0.444 e. The minimum absolute atomic E-state index is 0.149. The Hall–Kier alpha value is -2.94. The Morgan fingerprint density at radius 2 is 1.80 bits per heavy atom. The predicted molar refractivity (Wildman–Crippen MR) is 108 cm³/mol. The topological polar surface area (TPSA) is 79.5 Å². The zero-order valence-electron chi connectivity index (χ0n) is 16.1. The van der Waals surface area contributed by atoms with Crippen LogP contribution in [0.2, 0.25) is 0 Å². The fraction of sp³-hybridized carbons (Fsp3) is 0.300. The van der Waals surface area contributed by atoms with Gasteiger partial charge in [-0.05, 0) is 61.4 Å². The Morgan fingerprint density at radius 3 is 2.40 bits per heavy atom. The van der Waals surface area contributed by atoms with Crippen LogP contribution in [-0.2, 0) is 9.59 Å². The SMILES string of the molecule is Cc1cc2c(cc1C)N[C@H](CC(=O)Nc1ccc(OC(F)(F)[C@H](F)Cl)cc1)C(=O)N2. The van der Waals surface area contributed by atoms with E-state index in [0.29, 0.717) is 11.4 Å². The van der Waals surface area contributed by atoms with Crippen LogP contribution in [0.15, 0.2) is 36.4 Å². The molecule has 0 bridgehead atoms. The Kier molecular flexibility index (Phi) is 6.12. The zero-order valence-corrected chi connectivity index (χ0v) is 16.8. The minimum atomic E-state index is -4.18. The fourth-order valence-corrected chi connectivity index (χ4v) is 2.91. The van der Waals surface area contributed by atoms with Crippen molar-refractivity contribution in [2.75, 3.05) is 16.0 Å². The molecule has 2 aromatic carbocycles.